The summed E-state index contributed by atoms with van der Waals surface area (Å²) < 4.78 is 9.59. The van der Waals surface area contributed by atoms with Crippen LogP contribution in [0.2, 0.25) is 0 Å². The van der Waals surface area contributed by atoms with E-state index in [-0.39, 0.29) is 24.7 Å². The zero-order chi connectivity index (χ0) is 18.1. The van der Waals surface area contributed by atoms with Crippen LogP contribution in [0.1, 0.15) is 12.0 Å². The highest BCUT2D eigenvalue weighted by Gasteiger charge is 2.62. The number of nitrogens with zero attached hydrogens (tertiary/aromatic N) is 1. The average molecular weight is 345 g/mol. The fraction of sp³-hybridized carbons (Fsp3) is 0.444. The third kappa shape index (κ3) is 2.79. The summed E-state index contributed by atoms with van der Waals surface area (Å²) in [4.78, 5) is 51.3. The molecule has 0 aromatic heterocycles. The Labute approximate surface area is 144 Å². The molecule has 1 aliphatic carbocycles. The third-order valence-electron chi connectivity index (χ3n) is 4.99. The lowest BCUT2D eigenvalue weighted by Gasteiger charge is -2.50. The van der Waals surface area contributed by atoms with Crippen molar-refractivity contribution in [1.29, 1.82) is 0 Å². The van der Waals surface area contributed by atoms with Gasteiger partial charge >= 0.3 is 11.9 Å². The molecule has 132 valence electrons. The molecular weight excluding hydrogens is 326 g/mol. The number of rotatable bonds is 4. The number of carbonyl (C=O) groups excluding carboxylic acids is 4. The van der Waals surface area contributed by atoms with Gasteiger partial charge in [0.25, 0.3) is 0 Å². The summed E-state index contributed by atoms with van der Waals surface area (Å²) in [5, 5.41) is 0. The second kappa shape index (κ2) is 6.66. The summed E-state index contributed by atoms with van der Waals surface area (Å²) in [5.41, 5.74) is 0.842. The van der Waals surface area contributed by atoms with Crippen LogP contribution in [0.5, 0.6) is 0 Å². The Balaban J connectivity index is 2.00. The first kappa shape index (κ1) is 17.1. The fourth-order valence-corrected chi connectivity index (χ4v) is 3.88. The number of esters is 2. The molecule has 2 aliphatic heterocycles. The molecule has 3 aliphatic rings. The number of amides is 1. The smallest absolute Gasteiger partial charge is 0.312 e. The lowest BCUT2D eigenvalue weighted by atomic mass is 9.64. The minimum atomic E-state index is -1.04. The van der Waals surface area contributed by atoms with Crippen LogP contribution in [-0.4, -0.2) is 48.8 Å². The van der Waals surface area contributed by atoms with Crippen LogP contribution in [0.3, 0.4) is 0 Å². The number of hydrogen-bond acceptors (Lipinski definition) is 6. The Morgan fingerprint density at radius 1 is 1.04 bits per heavy atom. The largest absolute Gasteiger partial charge is 0.469 e. The van der Waals surface area contributed by atoms with Gasteiger partial charge in [-0.3, -0.25) is 19.2 Å². The third-order valence-corrected chi connectivity index (χ3v) is 4.99. The highest BCUT2D eigenvalue weighted by Crippen LogP contribution is 2.44. The second-order valence-corrected chi connectivity index (χ2v) is 6.27. The van der Waals surface area contributed by atoms with E-state index in [0.717, 1.165) is 5.56 Å². The predicted octanol–water partition coefficient (Wildman–Crippen LogP) is 0.565. The number of Topliss-reactive ketones (excluding diaryl/α,β-unsaturated/α-hetero) is 1. The molecule has 2 saturated heterocycles. The van der Waals surface area contributed by atoms with Gasteiger partial charge in [0.2, 0.25) is 5.91 Å². The Hall–Kier alpha value is -2.70. The van der Waals surface area contributed by atoms with E-state index in [9.17, 15) is 19.2 Å². The lowest BCUT2D eigenvalue weighted by molar-refractivity contribution is -0.184. The molecule has 0 unspecified atom stereocenters. The first-order valence-electron chi connectivity index (χ1n) is 8.02. The second-order valence-electron chi connectivity index (χ2n) is 6.27. The van der Waals surface area contributed by atoms with Gasteiger partial charge in [-0.2, -0.15) is 0 Å². The van der Waals surface area contributed by atoms with E-state index in [1.807, 2.05) is 30.3 Å². The summed E-state index contributed by atoms with van der Waals surface area (Å²) in [6.07, 6.45) is -0.0535. The average Bonchev–Trinajstić information content (AvgIpc) is 2.63. The molecule has 7 heteroatoms. The maximum Gasteiger partial charge on any atom is 0.312 e. The van der Waals surface area contributed by atoms with Crippen LogP contribution < -0.4 is 0 Å². The molecule has 7 nitrogen and oxygen atoms in total. The number of benzene rings is 1. The Bertz CT molecular complexity index is 716. The van der Waals surface area contributed by atoms with Crippen LogP contribution >= 0.6 is 0 Å². The van der Waals surface area contributed by atoms with Gasteiger partial charge in [-0.15, -0.1) is 0 Å². The molecule has 0 N–H and O–H groups in total. The number of fused-ring (bicyclic) bond motifs is 3. The van der Waals surface area contributed by atoms with Gasteiger partial charge in [-0.1, -0.05) is 30.3 Å². The quantitative estimate of drug-likeness (QED) is 0.741. The molecule has 3 fully saturated rings. The molecule has 0 radical (unpaired) electrons. The predicted molar refractivity (Wildman–Crippen MR) is 84.9 cm³/mol. The van der Waals surface area contributed by atoms with Gasteiger partial charge in [0, 0.05) is 13.0 Å². The van der Waals surface area contributed by atoms with Crippen molar-refractivity contribution in [3.05, 3.63) is 35.9 Å². The van der Waals surface area contributed by atoms with Crippen molar-refractivity contribution < 1.29 is 28.7 Å². The monoisotopic (exact) mass is 345 g/mol. The van der Waals surface area contributed by atoms with Gasteiger partial charge in [-0.05, 0) is 5.56 Å². The van der Waals surface area contributed by atoms with Crippen molar-refractivity contribution in [2.45, 2.75) is 19.0 Å². The highest BCUT2D eigenvalue weighted by atomic mass is 16.5. The van der Waals surface area contributed by atoms with Crippen LogP contribution in [-0.2, 0) is 35.2 Å². The van der Waals surface area contributed by atoms with Crippen molar-refractivity contribution in [2.24, 2.45) is 17.8 Å². The summed E-state index contributed by atoms with van der Waals surface area (Å²) in [5.74, 6) is -4.78. The molecule has 2 bridgehead atoms. The van der Waals surface area contributed by atoms with Gasteiger partial charge < -0.3 is 14.4 Å². The Morgan fingerprint density at radius 2 is 1.64 bits per heavy atom. The molecule has 1 saturated carbocycles. The zero-order valence-electron chi connectivity index (χ0n) is 14.0. The number of methoxy groups -OCH3 is 2. The van der Waals surface area contributed by atoms with E-state index >= 15 is 0 Å². The van der Waals surface area contributed by atoms with Crippen molar-refractivity contribution >= 4 is 23.6 Å². The van der Waals surface area contributed by atoms with E-state index in [2.05, 4.69) is 0 Å². The molecule has 1 aromatic rings. The lowest BCUT2D eigenvalue weighted by Crippen LogP contribution is -2.67. The van der Waals surface area contributed by atoms with Crippen molar-refractivity contribution in [1.82, 2.24) is 4.90 Å². The summed E-state index contributed by atoms with van der Waals surface area (Å²) in [6.45, 7) is 0.202. The van der Waals surface area contributed by atoms with E-state index in [0.29, 0.717) is 0 Å². The molecule has 25 heavy (non-hydrogen) atoms. The fourth-order valence-electron chi connectivity index (χ4n) is 3.88. The van der Waals surface area contributed by atoms with Gasteiger partial charge in [-0.25, -0.2) is 0 Å². The molecule has 1 aromatic carbocycles. The molecule has 0 spiro atoms. The summed E-state index contributed by atoms with van der Waals surface area (Å²) in [6, 6.07) is 8.19. The van der Waals surface area contributed by atoms with Crippen LogP contribution in [0.25, 0.3) is 0 Å². The van der Waals surface area contributed by atoms with Crippen molar-refractivity contribution in [3.63, 3.8) is 0 Å². The maximum atomic E-state index is 12.8. The minimum absolute atomic E-state index is 0.0535. The van der Waals surface area contributed by atoms with E-state index < -0.39 is 35.7 Å². The van der Waals surface area contributed by atoms with E-state index in [1.165, 1.54) is 19.1 Å². The first-order valence-corrected chi connectivity index (χ1v) is 8.02. The van der Waals surface area contributed by atoms with Crippen LogP contribution in [0.15, 0.2) is 30.3 Å². The molecule has 2 heterocycles. The zero-order valence-corrected chi connectivity index (χ0v) is 14.0. The Morgan fingerprint density at radius 3 is 2.24 bits per heavy atom. The summed E-state index contributed by atoms with van der Waals surface area (Å²) in [7, 11) is 2.40. The number of ether oxygens (including phenoxy) is 2. The normalized spacial score (nSPS) is 28.0. The van der Waals surface area contributed by atoms with E-state index in [1.54, 1.807) is 0 Å². The number of ketones is 1. The molecule has 4 atom stereocenters. The van der Waals surface area contributed by atoms with Gasteiger partial charge in [0.1, 0.15) is 6.04 Å². The molecular formula is C18H19NO6. The maximum absolute atomic E-state index is 12.8. The number of piperidine rings is 2. The number of carbonyl (C=O) groups is 4. The summed E-state index contributed by atoms with van der Waals surface area (Å²) >= 11 is 0. The van der Waals surface area contributed by atoms with Gasteiger partial charge in [0.05, 0.1) is 32.0 Å². The standard InChI is InChI=1S/C18H19NO6/c1-24-17(22)13-11-8-12(20)15(14(13)18(23)25-2)19(16(11)21)9-10-6-4-3-5-7-10/h3-7,11,13-15H,8-9H2,1-2H3/t11-,13+,14+,15+/m1/s1. The Kier molecular flexibility index (Phi) is 4.57. The van der Waals surface area contributed by atoms with Crippen molar-refractivity contribution in [3.8, 4) is 0 Å². The molecule has 4 rings (SSSR count). The highest BCUT2D eigenvalue weighted by molar-refractivity contribution is 6.05. The van der Waals surface area contributed by atoms with E-state index in [4.69, 9.17) is 9.47 Å². The molecule has 1 amide bonds. The van der Waals surface area contributed by atoms with Crippen LogP contribution in [0.4, 0.5) is 0 Å². The topological polar surface area (TPSA) is 90.0 Å². The number of hydrogen-bond donors (Lipinski definition) is 0. The van der Waals surface area contributed by atoms with Crippen molar-refractivity contribution in [2.75, 3.05) is 14.2 Å². The SMILES string of the molecule is COC(=O)[C@@H]1[C@H](C(=O)OC)[C@@H]2C(=O)C[C@H]1C(=O)N2Cc1ccccc1. The van der Waals surface area contributed by atoms with Gasteiger partial charge in [0.15, 0.2) is 5.78 Å². The van der Waals surface area contributed by atoms with Crippen LogP contribution in [0, 0.1) is 17.8 Å². The first-order chi connectivity index (χ1) is 12.0. The minimum Gasteiger partial charge on any atom is -0.469 e.